The molecular weight excluding hydrogens is 378 g/mol. The van der Waals surface area contributed by atoms with Gasteiger partial charge in [0.2, 0.25) is 0 Å². The zero-order valence-corrected chi connectivity index (χ0v) is 16.1. The van der Waals surface area contributed by atoms with E-state index in [0.717, 1.165) is 18.4 Å². The molecule has 0 saturated carbocycles. The Morgan fingerprint density at radius 2 is 1.93 bits per heavy atom. The third-order valence-corrected chi connectivity index (χ3v) is 6.44. The molecule has 1 N–H and O–H groups in total. The highest BCUT2D eigenvalue weighted by atomic mass is 32.2. The molecule has 1 aliphatic rings. The third-order valence-electron chi connectivity index (χ3n) is 4.61. The van der Waals surface area contributed by atoms with E-state index in [4.69, 9.17) is 4.52 Å². The maximum absolute atomic E-state index is 13.1. The van der Waals surface area contributed by atoms with E-state index in [-0.39, 0.29) is 10.6 Å². The number of benzene rings is 2. The van der Waals surface area contributed by atoms with Gasteiger partial charge in [-0.25, -0.2) is 8.42 Å². The Kier molecular flexibility index (Phi) is 4.64. The summed E-state index contributed by atoms with van der Waals surface area (Å²) in [6, 6.07) is 15.2. The quantitative estimate of drug-likeness (QED) is 0.729. The molecule has 1 aliphatic heterocycles. The van der Waals surface area contributed by atoms with Gasteiger partial charge in [0.25, 0.3) is 15.9 Å². The lowest BCUT2D eigenvalue weighted by Gasteiger charge is -2.31. The van der Waals surface area contributed by atoms with Crippen LogP contribution in [0.2, 0.25) is 0 Å². The zero-order valence-electron chi connectivity index (χ0n) is 15.3. The predicted octanol–water partition coefficient (Wildman–Crippen LogP) is 3.38. The Morgan fingerprint density at radius 1 is 1.14 bits per heavy atom. The number of nitrogens with one attached hydrogen (secondary N) is 1. The third kappa shape index (κ3) is 3.38. The molecule has 0 unspecified atom stereocenters. The van der Waals surface area contributed by atoms with Crippen molar-refractivity contribution in [3.8, 4) is 0 Å². The first-order chi connectivity index (χ1) is 13.4. The largest absolute Gasteiger partial charge is 0.361 e. The van der Waals surface area contributed by atoms with E-state index in [1.165, 1.54) is 4.31 Å². The van der Waals surface area contributed by atoms with Crippen molar-refractivity contribution in [2.45, 2.75) is 24.7 Å². The summed E-state index contributed by atoms with van der Waals surface area (Å²) in [5.74, 6) is 0.126. The summed E-state index contributed by atoms with van der Waals surface area (Å²) in [5, 5.41) is 6.45. The molecule has 0 atom stereocenters. The number of rotatable bonds is 4. The molecule has 0 radical (unpaired) electrons. The Hall–Kier alpha value is -3.13. The van der Waals surface area contributed by atoms with Crippen LogP contribution in [0, 0.1) is 6.92 Å². The van der Waals surface area contributed by atoms with Gasteiger partial charge in [0, 0.05) is 18.3 Å². The Balaban J connectivity index is 1.67. The molecule has 2 aromatic carbocycles. The number of hydrogen-bond donors (Lipinski definition) is 1. The monoisotopic (exact) mass is 397 g/mol. The summed E-state index contributed by atoms with van der Waals surface area (Å²) in [7, 11) is -3.68. The number of hydrogen-bond acceptors (Lipinski definition) is 5. The van der Waals surface area contributed by atoms with E-state index in [2.05, 4.69) is 10.5 Å². The number of carbonyl (C=O) groups is 1. The molecule has 4 rings (SSSR count). The Bertz CT molecular complexity index is 1120. The van der Waals surface area contributed by atoms with Crippen LogP contribution in [0.1, 0.15) is 28.2 Å². The minimum absolute atomic E-state index is 0.170. The zero-order chi connectivity index (χ0) is 19.7. The van der Waals surface area contributed by atoms with Crippen molar-refractivity contribution in [3.63, 3.8) is 0 Å². The van der Waals surface area contributed by atoms with Crippen LogP contribution in [-0.2, 0) is 16.4 Å². The van der Waals surface area contributed by atoms with E-state index in [1.807, 2.05) is 6.07 Å². The van der Waals surface area contributed by atoms with Crippen molar-refractivity contribution < 1.29 is 17.7 Å². The van der Waals surface area contributed by atoms with Gasteiger partial charge in [0.1, 0.15) is 5.76 Å². The summed E-state index contributed by atoms with van der Waals surface area (Å²) in [6.07, 6.45) is 1.52. The normalized spacial score (nSPS) is 13.8. The lowest BCUT2D eigenvalue weighted by atomic mass is 10.0. The smallest absolute Gasteiger partial charge is 0.277 e. The van der Waals surface area contributed by atoms with Crippen LogP contribution in [0.25, 0.3) is 0 Å². The molecule has 0 spiro atoms. The van der Waals surface area contributed by atoms with Crippen LogP contribution >= 0.6 is 0 Å². The average Bonchev–Trinajstić information content (AvgIpc) is 3.14. The molecule has 1 amide bonds. The van der Waals surface area contributed by atoms with Gasteiger partial charge in [-0.3, -0.25) is 9.10 Å². The highest BCUT2D eigenvalue weighted by Gasteiger charge is 2.29. The minimum atomic E-state index is -3.68. The topological polar surface area (TPSA) is 92.5 Å². The predicted molar refractivity (Wildman–Crippen MR) is 105 cm³/mol. The molecule has 8 heteroatoms. The van der Waals surface area contributed by atoms with Crippen LogP contribution < -0.4 is 9.62 Å². The second kappa shape index (κ2) is 7.12. The molecule has 0 saturated heterocycles. The van der Waals surface area contributed by atoms with Crippen LogP contribution in [0.4, 0.5) is 11.4 Å². The van der Waals surface area contributed by atoms with Crippen molar-refractivity contribution in [2.75, 3.05) is 16.2 Å². The summed E-state index contributed by atoms with van der Waals surface area (Å²) in [4.78, 5) is 12.6. The number of aryl methyl sites for hydroxylation is 2. The standard InChI is InChI=1S/C20H19N3O4S/c1-14-12-18(22-27-14)20(24)21-16-10-9-15-6-5-11-23(19(15)13-16)28(25,26)17-7-3-2-4-8-17/h2-4,7-10,12-13H,5-6,11H2,1H3,(H,21,24). The summed E-state index contributed by atoms with van der Waals surface area (Å²) in [5.41, 5.74) is 2.19. The van der Waals surface area contributed by atoms with Crippen molar-refractivity contribution in [1.29, 1.82) is 0 Å². The Labute approximate surface area is 163 Å². The number of carbonyl (C=O) groups excluding carboxylic acids is 1. The maximum atomic E-state index is 13.1. The molecule has 28 heavy (non-hydrogen) atoms. The van der Waals surface area contributed by atoms with Crippen LogP contribution in [0.15, 0.2) is 64.0 Å². The molecule has 0 bridgehead atoms. The number of sulfonamides is 1. The van der Waals surface area contributed by atoms with E-state index < -0.39 is 15.9 Å². The molecule has 3 aromatic rings. The van der Waals surface area contributed by atoms with E-state index >= 15 is 0 Å². The van der Waals surface area contributed by atoms with Gasteiger partial charge in [0.15, 0.2) is 5.69 Å². The number of fused-ring (bicyclic) bond motifs is 1. The van der Waals surface area contributed by atoms with Gasteiger partial charge < -0.3 is 9.84 Å². The number of nitrogens with zero attached hydrogens (tertiary/aromatic N) is 2. The van der Waals surface area contributed by atoms with E-state index in [9.17, 15) is 13.2 Å². The summed E-state index contributed by atoms with van der Waals surface area (Å²) in [6.45, 7) is 2.10. The first kappa shape index (κ1) is 18.2. The minimum Gasteiger partial charge on any atom is -0.361 e. The molecule has 144 valence electrons. The van der Waals surface area contributed by atoms with Gasteiger partial charge in [-0.2, -0.15) is 0 Å². The summed E-state index contributed by atoms with van der Waals surface area (Å²) < 4.78 is 32.6. The SMILES string of the molecule is Cc1cc(C(=O)Nc2ccc3c(c2)N(S(=O)(=O)c2ccccc2)CCC3)no1. The van der Waals surface area contributed by atoms with E-state index in [0.29, 0.717) is 23.7 Å². The van der Waals surface area contributed by atoms with Crippen molar-refractivity contribution >= 4 is 27.3 Å². The molecule has 0 fully saturated rings. The first-order valence-electron chi connectivity index (χ1n) is 8.90. The second-order valence-electron chi connectivity index (χ2n) is 6.61. The lowest BCUT2D eigenvalue weighted by molar-refractivity contribution is 0.101. The highest BCUT2D eigenvalue weighted by molar-refractivity contribution is 7.92. The van der Waals surface area contributed by atoms with Crippen LogP contribution in [-0.4, -0.2) is 26.0 Å². The fraction of sp³-hybridized carbons (Fsp3) is 0.200. The number of aromatic nitrogens is 1. The Morgan fingerprint density at radius 3 is 2.64 bits per heavy atom. The second-order valence-corrected chi connectivity index (χ2v) is 8.48. The number of anilines is 2. The van der Waals surface area contributed by atoms with E-state index in [1.54, 1.807) is 55.5 Å². The fourth-order valence-electron chi connectivity index (χ4n) is 3.26. The van der Waals surface area contributed by atoms with Crippen molar-refractivity contribution in [3.05, 3.63) is 71.6 Å². The maximum Gasteiger partial charge on any atom is 0.277 e. The molecule has 2 heterocycles. The molecular formula is C20H19N3O4S. The van der Waals surface area contributed by atoms with Crippen LogP contribution in [0.3, 0.4) is 0 Å². The highest BCUT2D eigenvalue weighted by Crippen LogP contribution is 2.34. The molecule has 0 aliphatic carbocycles. The molecule has 7 nitrogen and oxygen atoms in total. The number of amides is 1. The summed E-state index contributed by atoms with van der Waals surface area (Å²) >= 11 is 0. The van der Waals surface area contributed by atoms with Gasteiger partial charge in [-0.1, -0.05) is 29.4 Å². The van der Waals surface area contributed by atoms with Gasteiger partial charge in [0.05, 0.1) is 10.6 Å². The van der Waals surface area contributed by atoms with Crippen LogP contribution in [0.5, 0.6) is 0 Å². The van der Waals surface area contributed by atoms with Crippen molar-refractivity contribution in [1.82, 2.24) is 5.16 Å². The van der Waals surface area contributed by atoms with Gasteiger partial charge in [-0.05, 0) is 49.6 Å². The van der Waals surface area contributed by atoms with Crippen molar-refractivity contribution in [2.24, 2.45) is 0 Å². The molecule has 1 aromatic heterocycles. The van der Waals surface area contributed by atoms with Gasteiger partial charge in [-0.15, -0.1) is 0 Å². The fourth-order valence-corrected chi connectivity index (χ4v) is 4.81. The lowest BCUT2D eigenvalue weighted by Crippen LogP contribution is -2.35. The average molecular weight is 397 g/mol. The van der Waals surface area contributed by atoms with Gasteiger partial charge >= 0.3 is 0 Å². The first-order valence-corrected chi connectivity index (χ1v) is 10.3.